The van der Waals surface area contributed by atoms with Crippen molar-refractivity contribution in [1.29, 1.82) is 0 Å². The molecule has 1 saturated heterocycles. The number of cyclic esters (lactones) is 1. The first-order valence-corrected chi connectivity index (χ1v) is 14.6. The van der Waals surface area contributed by atoms with Crippen LogP contribution in [0.4, 0.5) is 0 Å². The number of methoxy groups -OCH3 is 1. The number of rotatable bonds is 18. The third-order valence-electron chi connectivity index (χ3n) is 7.94. The van der Waals surface area contributed by atoms with Crippen molar-refractivity contribution in [3.8, 4) is 0 Å². The third-order valence-corrected chi connectivity index (χ3v) is 8.20. The first-order valence-electron chi connectivity index (χ1n) is 13.4. The van der Waals surface area contributed by atoms with Crippen LogP contribution in [0, 0.1) is 35.5 Å². The Morgan fingerprint density at radius 3 is 2.23 bits per heavy atom. The quantitative estimate of drug-likeness (QED) is 0.0472. The number of oxime groups is 1. The van der Waals surface area contributed by atoms with Crippen LogP contribution in [0.3, 0.4) is 0 Å². The van der Waals surface area contributed by atoms with Gasteiger partial charge >= 0.3 is 5.97 Å². The van der Waals surface area contributed by atoms with Gasteiger partial charge in [-0.3, -0.25) is 19.2 Å². The molecule has 1 aliphatic rings. The number of carbonyl (C=O) groups is 4. The summed E-state index contributed by atoms with van der Waals surface area (Å²) >= 11 is 0. The van der Waals surface area contributed by atoms with E-state index in [0.29, 0.717) is 25.7 Å². The average molecular weight is 575 g/mol. The van der Waals surface area contributed by atoms with Crippen molar-refractivity contribution < 1.29 is 43.1 Å². The number of ether oxygens (including phenoxy) is 3. The average Bonchev–Trinajstić information content (AvgIpc) is 3.15. The molecule has 0 spiro atoms. The van der Waals surface area contributed by atoms with Gasteiger partial charge in [-0.15, -0.1) is 0 Å². The number of esters is 1. The predicted octanol–water partition coefficient (Wildman–Crippen LogP) is 3.21. The van der Waals surface area contributed by atoms with E-state index in [-0.39, 0.29) is 35.6 Å². The van der Waals surface area contributed by atoms with Crippen LogP contribution >= 0.6 is 8.81 Å². The van der Waals surface area contributed by atoms with Crippen molar-refractivity contribution in [2.24, 2.45) is 46.4 Å². The molecule has 1 aliphatic heterocycles. The molecule has 0 bridgehead atoms. The van der Waals surface area contributed by atoms with Crippen LogP contribution in [0.5, 0.6) is 0 Å². The summed E-state index contributed by atoms with van der Waals surface area (Å²) in [6.45, 7) is 14.6. The van der Waals surface area contributed by atoms with E-state index in [0.717, 1.165) is 0 Å². The Morgan fingerprint density at radius 1 is 1.21 bits per heavy atom. The molecule has 224 valence electrons. The molecule has 1 rings (SSSR count). The topological polar surface area (TPSA) is 164 Å². The first kappa shape index (κ1) is 34.9. The summed E-state index contributed by atoms with van der Waals surface area (Å²) in [6, 6.07) is 0. The molecular weight excluding hydrogens is 527 g/mol. The maximum absolute atomic E-state index is 13.9. The van der Waals surface area contributed by atoms with Crippen LogP contribution in [-0.4, -0.2) is 65.5 Å². The summed E-state index contributed by atoms with van der Waals surface area (Å²) in [6.07, 6.45) is 0.183. The minimum atomic E-state index is -1.37. The molecule has 0 aromatic heterocycles. The molecular formula is C27H47N2O9P. The second-order valence-corrected chi connectivity index (χ2v) is 11.9. The zero-order chi connectivity index (χ0) is 30.1. The largest absolute Gasteiger partial charge is 0.460 e. The zero-order valence-electron chi connectivity index (χ0n) is 24.7. The van der Waals surface area contributed by atoms with E-state index in [4.69, 9.17) is 29.7 Å². The van der Waals surface area contributed by atoms with Gasteiger partial charge in [-0.2, -0.15) is 0 Å². The number of nitrogens with zero attached hydrogens (tertiary/aromatic N) is 1. The van der Waals surface area contributed by atoms with Crippen molar-refractivity contribution in [2.45, 2.75) is 92.0 Å². The fourth-order valence-corrected chi connectivity index (χ4v) is 6.16. The second-order valence-electron chi connectivity index (χ2n) is 11.3. The number of amidine groups is 1. The summed E-state index contributed by atoms with van der Waals surface area (Å²) in [5, 5.41) is 3.78. The summed E-state index contributed by atoms with van der Waals surface area (Å²) in [4.78, 5) is 64.8. The van der Waals surface area contributed by atoms with Crippen LogP contribution in [0.15, 0.2) is 5.16 Å². The van der Waals surface area contributed by atoms with Gasteiger partial charge in [0.05, 0.1) is 14.4 Å². The monoisotopic (exact) mass is 574 g/mol. The predicted molar refractivity (Wildman–Crippen MR) is 148 cm³/mol. The molecule has 3 N–H and O–H groups in total. The number of nitrogens with two attached hydrogens (primary N) is 1. The van der Waals surface area contributed by atoms with Gasteiger partial charge in [0.25, 0.3) is 6.47 Å². The molecule has 12 heteroatoms. The lowest BCUT2D eigenvalue weighted by Crippen LogP contribution is -2.52. The number of carbonyl (C=O) groups excluding carboxylic acids is 4. The lowest BCUT2D eigenvalue weighted by atomic mass is 9.67. The maximum Gasteiger partial charge on any atom is 0.317 e. The standard InChI is InChI=1S/C27H47N2O9P/c1-10-19(36-13-30)27(8)21(20(25(33)38-27)24(28)29-37-14-39-34)18(6)23(32)17(5)12-26(7,35-9)11-16(4)22(31)15(2)3/h13,15-21,34,39H,10-12,14H2,1-9H3,(H2,28,29)/t16?,17-,18-,19+,20?,21?,26?,27?/m1/s1. The van der Waals surface area contributed by atoms with Gasteiger partial charge in [-0.25, -0.2) is 0 Å². The van der Waals surface area contributed by atoms with Gasteiger partial charge in [-0.05, 0) is 33.1 Å². The van der Waals surface area contributed by atoms with Gasteiger partial charge in [0.1, 0.15) is 23.6 Å². The van der Waals surface area contributed by atoms with Crippen LogP contribution in [0.25, 0.3) is 0 Å². The summed E-state index contributed by atoms with van der Waals surface area (Å²) in [5.41, 5.74) is 4.05. The maximum atomic E-state index is 13.9. The number of ketones is 2. The van der Waals surface area contributed by atoms with Gasteiger partial charge in [0, 0.05) is 36.7 Å². The van der Waals surface area contributed by atoms with E-state index in [1.54, 1.807) is 34.8 Å². The van der Waals surface area contributed by atoms with E-state index in [1.165, 1.54) is 0 Å². The first-order chi connectivity index (χ1) is 18.1. The van der Waals surface area contributed by atoms with Gasteiger partial charge < -0.3 is 29.7 Å². The Bertz CT molecular complexity index is 898. The molecule has 0 radical (unpaired) electrons. The summed E-state index contributed by atoms with van der Waals surface area (Å²) in [7, 11) is 1.04. The van der Waals surface area contributed by atoms with Gasteiger partial charge in [0.2, 0.25) is 0 Å². The fourth-order valence-electron chi connectivity index (χ4n) is 6.03. The minimum absolute atomic E-state index is 0.102. The van der Waals surface area contributed by atoms with E-state index < -0.39 is 55.8 Å². The normalized spacial score (nSPS) is 26.5. The minimum Gasteiger partial charge on any atom is -0.460 e. The number of Topliss-reactive ketones (excluding diaryl/α,β-unsaturated/α-hetero) is 2. The Labute approximate surface area is 233 Å². The molecule has 1 heterocycles. The lowest BCUT2D eigenvalue weighted by molar-refractivity contribution is -0.172. The molecule has 0 aromatic rings. The van der Waals surface area contributed by atoms with Crippen LogP contribution in [0.2, 0.25) is 0 Å². The van der Waals surface area contributed by atoms with Crippen molar-refractivity contribution in [3.63, 3.8) is 0 Å². The molecule has 39 heavy (non-hydrogen) atoms. The number of hydrogen-bond donors (Lipinski definition) is 2. The third kappa shape index (κ3) is 8.44. The van der Waals surface area contributed by atoms with Crippen molar-refractivity contribution >= 4 is 38.7 Å². The Balaban J connectivity index is 3.37. The highest BCUT2D eigenvalue weighted by molar-refractivity contribution is 7.30. The molecule has 0 amide bonds. The van der Waals surface area contributed by atoms with Crippen LogP contribution in [-0.2, 0) is 38.2 Å². The van der Waals surface area contributed by atoms with Crippen molar-refractivity contribution in [2.75, 3.05) is 13.5 Å². The SMILES string of the molecule is CC[C@H](OC=O)C1(C)OC(=O)C(/C(N)=N/OCPO)C1[C@@H](C)C(=O)[C@H](C)CC(C)(CC(C)C(=O)C(C)C)OC. The highest BCUT2D eigenvalue weighted by Gasteiger charge is 2.61. The van der Waals surface area contributed by atoms with E-state index in [2.05, 4.69) is 5.16 Å². The lowest BCUT2D eigenvalue weighted by Gasteiger charge is -2.40. The molecule has 6 unspecified atom stereocenters. The van der Waals surface area contributed by atoms with Crippen LogP contribution < -0.4 is 5.73 Å². The Hall–Kier alpha value is -2.10. The van der Waals surface area contributed by atoms with E-state index >= 15 is 0 Å². The van der Waals surface area contributed by atoms with Gasteiger partial charge in [0.15, 0.2) is 17.8 Å². The van der Waals surface area contributed by atoms with Crippen LogP contribution in [0.1, 0.15) is 74.7 Å². The zero-order valence-corrected chi connectivity index (χ0v) is 25.7. The summed E-state index contributed by atoms with van der Waals surface area (Å²) < 4.78 is 16.9. The number of hydrogen-bond acceptors (Lipinski definition) is 10. The van der Waals surface area contributed by atoms with Crippen molar-refractivity contribution in [1.82, 2.24) is 0 Å². The molecule has 0 aromatic carbocycles. The molecule has 1 fully saturated rings. The molecule has 9 atom stereocenters. The van der Waals surface area contributed by atoms with Crippen molar-refractivity contribution in [3.05, 3.63) is 0 Å². The highest BCUT2D eigenvalue weighted by atomic mass is 31.1. The molecule has 11 nitrogen and oxygen atoms in total. The molecule has 0 aliphatic carbocycles. The van der Waals surface area contributed by atoms with E-state index in [9.17, 15) is 19.2 Å². The molecule has 0 saturated carbocycles. The van der Waals surface area contributed by atoms with E-state index in [1.807, 2.05) is 27.7 Å². The Morgan fingerprint density at radius 2 is 1.77 bits per heavy atom. The smallest absolute Gasteiger partial charge is 0.317 e. The highest BCUT2D eigenvalue weighted by Crippen LogP contribution is 2.47. The summed E-state index contributed by atoms with van der Waals surface area (Å²) in [5.74, 6) is -4.52. The van der Waals surface area contributed by atoms with Gasteiger partial charge in [-0.1, -0.05) is 46.7 Å². The Kier molecular flexibility index (Phi) is 13.5. The fraction of sp³-hybridized carbons (Fsp3) is 0.815. The second kappa shape index (κ2) is 15.1.